The lowest BCUT2D eigenvalue weighted by atomic mass is 9.88. The van der Waals surface area contributed by atoms with E-state index in [2.05, 4.69) is 9.97 Å². The predicted molar refractivity (Wildman–Crippen MR) is 109 cm³/mol. The van der Waals surface area contributed by atoms with Crippen LogP contribution >= 0.6 is 0 Å². The molecule has 1 saturated heterocycles. The van der Waals surface area contributed by atoms with Crippen molar-refractivity contribution in [2.24, 2.45) is 11.7 Å². The van der Waals surface area contributed by atoms with E-state index in [1.165, 1.54) is 0 Å². The van der Waals surface area contributed by atoms with Crippen molar-refractivity contribution < 1.29 is 8.42 Å². The molecule has 4 rings (SSSR count). The second kappa shape index (κ2) is 7.95. The van der Waals surface area contributed by atoms with Gasteiger partial charge in [0.2, 0.25) is 10.0 Å². The molecular weight excluding hydrogens is 372 g/mol. The molecule has 0 amide bonds. The van der Waals surface area contributed by atoms with Crippen molar-refractivity contribution in [1.82, 2.24) is 14.3 Å². The highest BCUT2D eigenvalue weighted by Crippen LogP contribution is 2.29. The molecule has 7 heteroatoms. The summed E-state index contributed by atoms with van der Waals surface area (Å²) in [6.07, 6.45) is 7.34. The molecule has 2 aromatic heterocycles. The average Bonchev–Trinajstić information content (AvgIpc) is 2.74. The summed E-state index contributed by atoms with van der Waals surface area (Å²) < 4.78 is 28.1. The van der Waals surface area contributed by atoms with Crippen molar-refractivity contribution in [1.29, 1.82) is 0 Å². The van der Waals surface area contributed by atoms with Crippen molar-refractivity contribution in [2.75, 3.05) is 13.1 Å². The highest BCUT2D eigenvalue weighted by atomic mass is 32.2. The quantitative estimate of drug-likeness (QED) is 0.716. The Morgan fingerprint density at radius 2 is 1.89 bits per heavy atom. The number of hydrogen-bond acceptors (Lipinski definition) is 5. The Balaban J connectivity index is 1.47. The first-order chi connectivity index (χ1) is 13.6. The van der Waals surface area contributed by atoms with Crippen LogP contribution in [0, 0.1) is 5.92 Å². The molecule has 1 aromatic carbocycles. The lowest BCUT2D eigenvalue weighted by molar-refractivity contribution is 0.243. The zero-order chi connectivity index (χ0) is 19.6. The monoisotopic (exact) mass is 396 g/mol. The van der Waals surface area contributed by atoms with Crippen LogP contribution in [0.25, 0.3) is 10.8 Å². The van der Waals surface area contributed by atoms with Crippen LogP contribution in [-0.4, -0.2) is 41.8 Å². The number of piperidine rings is 1. The molecule has 0 aliphatic carbocycles. The van der Waals surface area contributed by atoms with Gasteiger partial charge in [0.25, 0.3) is 0 Å². The maximum absolute atomic E-state index is 13.2. The molecule has 1 aliphatic heterocycles. The Hall–Kier alpha value is -2.35. The van der Waals surface area contributed by atoms with Gasteiger partial charge in [-0.15, -0.1) is 0 Å². The summed E-state index contributed by atoms with van der Waals surface area (Å²) in [5.74, 6) is 0.296. The molecule has 0 radical (unpaired) electrons. The van der Waals surface area contributed by atoms with E-state index in [-0.39, 0.29) is 6.04 Å². The SMILES string of the molecule is NC(Cc1ccccn1)C1CCN(S(=O)(=O)c2cccc3cnccc23)CC1. The van der Waals surface area contributed by atoms with E-state index in [9.17, 15) is 8.42 Å². The maximum atomic E-state index is 13.2. The van der Waals surface area contributed by atoms with Crippen molar-refractivity contribution in [3.63, 3.8) is 0 Å². The number of fused-ring (bicyclic) bond motifs is 1. The lowest BCUT2D eigenvalue weighted by Gasteiger charge is -2.34. The number of benzene rings is 1. The van der Waals surface area contributed by atoms with E-state index >= 15 is 0 Å². The third-order valence-corrected chi connectivity index (χ3v) is 7.49. The molecule has 1 fully saturated rings. The molecule has 1 atom stereocenters. The second-order valence-corrected chi connectivity index (χ2v) is 9.19. The number of rotatable bonds is 5. The van der Waals surface area contributed by atoms with Gasteiger partial charge >= 0.3 is 0 Å². The smallest absolute Gasteiger partial charge is 0.243 e. The minimum absolute atomic E-state index is 0.0108. The molecule has 6 nitrogen and oxygen atoms in total. The van der Waals surface area contributed by atoms with Gasteiger partial charge in [0.1, 0.15) is 0 Å². The first-order valence-corrected chi connectivity index (χ1v) is 11.0. The van der Waals surface area contributed by atoms with Gasteiger partial charge in [-0.25, -0.2) is 8.42 Å². The fraction of sp³-hybridized carbons (Fsp3) is 0.333. The number of pyridine rings is 2. The summed E-state index contributed by atoms with van der Waals surface area (Å²) in [6.45, 7) is 0.981. The predicted octanol–water partition coefficient (Wildman–Crippen LogP) is 2.60. The zero-order valence-corrected chi connectivity index (χ0v) is 16.4. The number of nitrogens with two attached hydrogens (primary N) is 1. The first-order valence-electron chi connectivity index (χ1n) is 9.54. The molecule has 0 bridgehead atoms. The van der Waals surface area contributed by atoms with Crippen LogP contribution in [0.3, 0.4) is 0 Å². The number of aromatic nitrogens is 2. The molecule has 2 N–H and O–H groups in total. The Morgan fingerprint density at radius 1 is 1.07 bits per heavy atom. The Morgan fingerprint density at radius 3 is 2.64 bits per heavy atom. The topological polar surface area (TPSA) is 89.2 Å². The number of hydrogen-bond donors (Lipinski definition) is 1. The lowest BCUT2D eigenvalue weighted by Crippen LogP contribution is -2.44. The van der Waals surface area contributed by atoms with Gasteiger partial charge in [-0.2, -0.15) is 4.31 Å². The Kier molecular flexibility index (Phi) is 5.39. The first kappa shape index (κ1) is 19.0. The van der Waals surface area contributed by atoms with Crippen LogP contribution in [0.2, 0.25) is 0 Å². The molecule has 3 heterocycles. The van der Waals surface area contributed by atoms with E-state index in [1.54, 1.807) is 41.1 Å². The van der Waals surface area contributed by atoms with E-state index in [4.69, 9.17) is 5.73 Å². The second-order valence-electron chi connectivity index (χ2n) is 7.28. The normalized spacial score (nSPS) is 17.6. The van der Waals surface area contributed by atoms with Crippen LogP contribution in [0.1, 0.15) is 18.5 Å². The third kappa shape index (κ3) is 3.78. The zero-order valence-electron chi connectivity index (χ0n) is 15.6. The molecule has 3 aromatic rings. The minimum atomic E-state index is -3.54. The standard InChI is InChI=1S/C21H24N4O2S/c22-20(14-18-5-1-2-10-24-18)16-8-12-25(13-9-16)28(26,27)21-6-3-4-17-15-23-11-7-19(17)21/h1-7,10-11,15-16,20H,8-9,12-14,22H2. The fourth-order valence-corrected chi connectivity index (χ4v) is 5.61. The third-order valence-electron chi connectivity index (χ3n) is 5.53. The van der Waals surface area contributed by atoms with Crippen LogP contribution < -0.4 is 5.73 Å². The van der Waals surface area contributed by atoms with Gasteiger partial charge in [0.05, 0.1) is 4.90 Å². The van der Waals surface area contributed by atoms with E-state index in [1.807, 2.05) is 24.3 Å². The van der Waals surface area contributed by atoms with Gasteiger partial charge in [-0.3, -0.25) is 9.97 Å². The summed E-state index contributed by atoms with van der Waals surface area (Å²) in [6, 6.07) is 12.9. The molecule has 1 unspecified atom stereocenters. The largest absolute Gasteiger partial charge is 0.327 e. The fourth-order valence-electron chi connectivity index (χ4n) is 3.93. The molecule has 28 heavy (non-hydrogen) atoms. The van der Waals surface area contributed by atoms with Gasteiger partial charge in [0, 0.05) is 60.6 Å². The van der Waals surface area contributed by atoms with Crippen molar-refractivity contribution >= 4 is 20.8 Å². The van der Waals surface area contributed by atoms with Crippen molar-refractivity contribution in [2.45, 2.75) is 30.2 Å². The van der Waals surface area contributed by atoms with Gasteiger partial charge in [0.15, 0.2) is 0 Å². The highest BCUT2D eigenvalue weighted by Gasteiger charge is 2.32. The summed E-state index contributed by atoms with van der Waals surface area (Å²) in [4.78, 5) is 8.78. The molecule has 1 aliphatic rings. The van der Waals surface area contributed by atoms with Crippen LogP contribution in [0.5, 0.6) is 0 Å². The molecule has 0 saturated carbocycles. The summed E-state index contributed by atoms with van der Waals surface area (Å²) >= 11 is 0. The van der Waals surface area contributed by atoms with Crippen LogP contribution in [-0.2, 0) is 16.4 Å². The number of nitrogens with zero attached hydrogens (tertiary/aromatic N) is 3. The van der Waals surface area contributed by atoms with Gasteiger partial charge in [-0.05, 0) is 43.0 Å². The average molecular weight is 397 g/mol. The minimum Gasteiger partial charge on any atom is -0.327 e. The van der Waals surface area contributed by atoms with E-state index in [0.717, 1.165) is 23.9 Å². The molecule has 146 valence electrons. The summed E-state index contributed by atoms with van der Waals surface area (Å²) in [5, 5.41) is 1.54. The Labute approximate surface area is 165 Å². The Bertz CT molecular complexity index is 1040. The summed E-state index contributed by atoms with van der Waals surface area (Å²) in [7, 11) is -3.54. The highest BCUT2D eigenvalue weighted by molar-refractivity contribution is 7.89. The summed E-state index contributed by atoms with van der Waals surface area (Å²) in [5.41, 5.74) is 7.39. The van der Waals surface area contributed by atoms with Crippen molar-refractivity contribution in [3.8, 4) is 0 Å². The molecule has 0 spiro atoms. The van der Waals surface area contributed by atoms with Crippen molar-refractivity contribution in [3.05, 3.63) is 66.7 Å². The van der Waals surface area contributed by atoms with Gasteiger partial charge in [-0.1, -0.05) is 18.2 Å². The maximum Gasteiger partial charge on any atom is 0.243 e. The van der Waals surface area contributed by atoms with Gasteiger partial charge < -0.3 is 5.73 Å². The van der Waals surface area contributed by atoms with Crippen LogP contribution in [0.15, 0.2) is 66.0 Å². The molecular formula is C21H24N4O2S. The number of sulfonamides is 1. The van der Waals surface area contributed by atoms with E-state index < -0.39 is 10.0 Å². The van der Waals surface area contributed by atoms with Crippen LogP contribution in [0.4, 0.5) is 0 Å². The van der Waals surface area contributed by atoms with E-state index in [0.29, 0.717) is 35.7 Å².